The second-order valence-electron chi connectivity index (χ2n) is 5.09. The topological polar surface area (TPSA) is 57.2 Å². The number of carbonyl (C=O) groups is 1. The largest absolute Gasteiger partial charge is 0.496 e. The van der Waals surface area contributed by atoms with Crippen LogP contribution in [0.4, 0.5) is 0 Å². The van der Waals surface area contributed by atoms with Crippen molar-refractivity contribution in [3.05, 3.63) is 22.8 Å². The van der Waals surface area contributed by atoms with Crippen LogP contribution >= 0.6 is 0 Å². The van der Waals surface area contributed by atoms with Gasteiger partial charge in [0, 0.05) is 31.1 Å². The summed E-state index contributed by atoms with van der Waals surface area (Å²) in [5.41, 5.74) is 2.86. The van der Waals surface area contributed by atoms with Crippen molar-refractivity contribution >= 4 is 5.97 Å². The highest BCUT2D eigenvalue weighted by atomic mass is 17.2. The van der Waals surface area contributed by atoms with Gasteiger partial charge in [0.25, 0.3) is 0 Å². The number of nitrogens with zero attached hydrogens (tertiary/aromatic N) is 1. The summed E-state index contributed by atoms with van der Waals surface area (Å²) in [5, 5.41) is 0. The van der Waals surface area contributed by atoms with E-state index in [1.54, 1.807) is 7.11 Å². The Bertz CT molecular complexity index is 557. The van der Waals surface area contributed by atoms with Gasteiger partial charge in [-0.2, -0.15) is 4.89 Å². The summed E-state index contributed by atoms with van der Waals surface area (Å²) >= 11 is 0. The molecule has 2 aliphatic rings. The fourth-order valence-corrected chi connectivity index (χ4v) is 2.82. The van der Waals surface area contributed by atoms with Crippen molar-refractivity contribution in [2.75, 3.05) is 20.7 Å². The third kappa shape index (κ3) is 2.10. The predicted octanol–water partition coefficient (Wildman–Crippen LogP) is 1.57. The van der Waals surface area contributed by atoms with Crippen LogP contribution in [0.1, 0.15) is 29.7 Å². The Labute approximate surface area is 117 Å². The third-order valence-corrected chi connectivity index (χ3v) is 3.60. The lowest BCUT2D eigenvalue weighted by molar-refractivity contribution is -0.194. The Kier molecular flexibility index (Phi) is 3.27. The monoisotopic (exact) mass is 279 g/mol. The van der Waals surface area contributed by atoms with Crippen LogP contribution in [0.3, 0.4) is 0 Å². The van der Waals surface area contributed by atoms with Gasteiger partial charge in [0.05, 0.1) is 12.7 Å². The zero-order valence-corrected chi connectivity index (χ0v) is 11.8. The quantitative estimate of drug-likeness (QED) is 0.605. The Balaban J connectivity index is 2.11. The van der Waals surface area contributed by atoms with E-state index in [1.807, 2.05) is 13.1 Å². The van der Waals surface area contributed by atoms with E-state index in [0.29, 0.717) is 18.9 Å². The first kappa shape index (κ1) is 13.2. The van der Waals surface area contributed by atoms with Crippen LogP contribution < -0.4 is 9.62 Å². The number of rotatable bonds is 2. The lowest BCUT2D eigenvalue weighted by atomic mass is 9.93. The number of benzene rings is 1. The van der Waals surface area contributed by atoms with Crippen molar-refractivity contribution in [1.82, 2.24) is 4.90 Å². The van der Waals surface area contributed by atoms with E-state index in [0.717, 1.165) is 29.0 Å². The van der Waals surface area contributed by atoms with Crippen molar-refractivity contribution in [3.8, 4) is 11.5 Å². The summed E-state index contributed by atoms with van der Waals surface area (Å²) in [5.74, 6) is 1.11. The minimum absolute atomic E-state index is 0.298. The van der Waals surface area contributed by atoms with Gasteiger partial charge in [-0.05, 0) is 13.1 Å². The Morgan fingerprint density at radius 3 is 2.95 bits per heavy atom. The first-order valence-electron chi connectivity index (χ1n) is 6.48. The molecule has 108 valence electrons. The molecule has 2 heterocycles. The smallest absolute Gasteiger partial charge is 0.303 e. The molecule has 1 atom stereocenters. The van der Waals surface area contributed by atoms with Crippen LogP contribution in [0.15, 0.2) is 6.07 Å². The standard InChI is InChI=1S/C14H17NO5/c1-8(16)19-13-6-15(2)5-10-9(13)4-12-11(7-18-20-12)14(10)17-3/h4,13H,5-7H2,1-3H3. The number of likely N-dealkylation sites (N-methyl/N-ethyl adjacent to an activating group) is 1. The van der Waals surface area contributed by atoms with Gasteiger partial charge in [-0.15, -0.1) is 0 Å². The normalized spacial score (nSPS) is 20.9. The zero-order valence-electron chi connectivity index (χ0n) is 11.8. The molecule has 0 aromatic heterocycles. The molecule has 1 unspecified atom stereocenters. The average Bonchev–Trinajstić information content (AvgIpc) is 2.83. The number of carbonyl (C=O) groups excluding carboxylic acids is 1. The summed E-state index contributed by atoms with van der Waals surface area (Å²) in [6.07, 6.45) is -0.315. The fourth-order valence-electron chi connectivity index (χ4n) is 2.82. The number of esters is 1. The molecule has 3 rings (SSSR count). The molecule has 0 saturated heterocycles. The zero-order chi connectivity index (χ0) is 14.3. The van der Waals surface area contributed by atoms with E-state index in [4.69, 9.17) is 19.2 Å². The predicted molar refractivity (Wildman–Crippen MR) is 69.3 cm³/mol. The molecule has 0 radical (unpaired) electrons. The van der Waals surface area contributed by atoms with Gasteiger partial charge in [-0.3, -0.25) is 9.69 Å². The lowest BCUT2D eigenvalue weighted by Gasteiger charge is -2.32. The molecule has 0 bridgehead atoms. The summed E-state index contributed by atoms with van der Waals surface area (Å²) in [7, 11) is 3.61. The van der Waals surface area contributed by atoms with E-state index < -0.39 is 0 Å². The molecule has 20 heavy (non-hydrogen) atoms. The average molecular weight is 279 g/mol. The molecule has 6 nitrogen and oxygen atoms in total. The van der Waals surface area contributed by atoms with Gasteiger partial charge in [0.15, 0.2) is 5.75 Å². The van der Waals surface area contributed by atoms with Crippen molar-refractivity contribution in [3.63, 3.8) is 0 Å². The highest BCUT2D eigenvalue weighted by Crippen LogP contribution is 2.44. The molecule has 0 aliphatic carbocycles. The maximum absolute atomic E-state index is 11.3. The van der Waals surface area contributed by atoms with Crippen LogP contribution in [0.25, 0.3) is 0 Å². The second-order valence-corrected chi connectivity index (χ2v) is 5.09. The number of ether oxygens (including phenoxy) is 2. The first-order valence-corrected chi connectivity index (χ1v) is 6.48. The first-order chi connectivity index (χ1) is 9.60. The summed E-state index contributed by atoms with van der Waals surface area (Å²) in [4.78, 5) is 23.6. The summed E-state index contributed by atoms with van der Waals surface area (Å²) in [6.45, 7) is 3.17. The van der Waals surface area contributed by atoms with Crippen molar-refractivity contribution in [1.29, 1.82) is 0 Å². The van der Waals surface area contributed by atoms with Crippen LogP contribution in [0.5, 0.6) is 11.5 Å². The van der Waals surface area contributed by atoms with Gasteiger partial charge in [0.2, 0.25) is 0 Å². The molecule has 0 spiro atoms. The molecule has 2 aliphatic heterocycles. The van der Waals surface area contributed by atoms with Crippen LogP contribution in [0.2, 0.25) is 0 Å². The molecule has 6 heteroatoms. The highest BCUT2D eigenvalue weighted by molar-refractivity contribution is 5.67. The third-order valence-electron chi connectivity index (χ3n) is 3.60. The molecular formula is C14H17NO5. The van der Waals surface area contributed by atoms with Gasteiger partial charge in [0.1, 0.15) is 18.5 Å². The number of fused-ring (bicyclic) bond motifs is 2. The maximum Gasteiger partial charge on any atom is 0.303 e. The molecule has 0 fully saturated rings. The molecule has 1 aromatic carbocycles. The summed E-state index contributed by atoms with van der Waals surface area (Å²) in [6, 6.07) is 1.89. The van der Waals surface area contributed by atoms with Crippen molar-refractivity contribution in [2.45, 2.75) is 26.2 Å². The Morgan fingerprint density at radius 2 is 2.25 bits per heavy atom. The van der Waals surface area contributed by atoms with Crippen molar-refractivity contribution < 1.29 is 24.0 Å². The highest BCUT2D eigenvalue weighted by Gasteiger charge is 2.33. The van der Waals surface area contributed by atoms with E-state index in [2.05, 4.69) is 4.90 Å². The molecule has 1 aromatic rings. The molecule has 0 N–H and O–H groups in total. The lowest BCUT2D eigenvalue weighted by Crippen LogP contribution is -2.33. The maximum atomic E-state index is 11.3. The molecule has 0 saturated carbocycles. The van der Waals surface area contributed by atoms with Gasteiger partial charge < -0.3 is 14.4 Å². The molecule has 0 amide bonds. The Hall–Kier alpha value is -1.79. The second kappa shape index (κ2) is 4.96. The van der Waals surface area contributed by atoms with E-state index >= 15 is 0 Å². The van der Waals surface area contributed by atoms with Crippen LogP contribution in [-0.4, -0.2) is 31.6 Å². The summed E-state index contributed by atoms with van der Waals surface area (Å²) < 4.78 is 10.9. The van der Waals surface area contributed by atoms with Gasteiger partial charge in [-0.25, -0.2) is 0 Å². The van der Waals surface area contributed by atoms with E-state index in [1.165, 1.54) is 6.92 Å². The Morgan fingerprint density at radius 1 is 1.45 bits per heavy atom. The van der Waals surface area contributed by atoms with Crippen molar-refractivity contribution in [2.24, 2.45) is 0 Å². The minimum Gasteiger partial charge on any atom is -0.496 e. The van der Waals surface area contributed by atoms with E-state index in [9.17, 15) is 4.79 Å². The van der Waals surface area contributed by atoms with Gasteiger partial charge >= 0.3 is 5.97 Å². The number of methoxy groups -OCH3 is 1. The van der Waals surface area contributed by atoms with Crippen LogP contribution in [0, 0.1) is 0 Å². The SMILES string of the molecule is COc1c2c(cc3c1CN(C)CC3OC(C)=O)OOC2. The minimum atomic E-state index is -0.315. The van der Waals surface area contributed by atoms with Crippen LogP contribution in [-0.2, 0) is 27.6 Å². The molecular weight excluding hydrogens is 262 g/mol. The van der Waals surface area contributed by atoms with E-state index in [-0.39, 0.29) is 12.1 Å². The number of hydrogen-bond acceptors (Lipinski definition) is 6. The fraction of sp³-hybridized carbons (Fsp3) is 0.500. The number of hydrogen-bond donors (Lipinski definition) is 0. The van der Waals surface area contributed by atoms with Gasteiger partial charge in [-0.1, -0.05) is 0 Å².